The average molecular weight is 437 g/mol. The maximum atomic E-state index is 12.9. The van der Waals surface area contributed by atoms with Crippen LogP contribution in [0.15, 0.2) is 52.1 Å². The molecular formula is C20H18F3N3O3S. The molecule has 0 radical (unpaired) electrons. The fourth-order valence-electron chi connectivity index (χ4n) is 2.65. The number of rotatable bonds is 5. The quantitative estimate of drug-likeness (QED) is 0.659. The van der Waals surface area contributed by atoms with Gasteiger partial charge in [-0.2, -0.15) is 18.2 Å². The minimum atomic E-state index is -4.56. The van der Waals surface area contributed by atoms with E-state index < -0.39 is 17.6 Å². The van der Waals surface area contributed by atoms with Gasteiger partial charge in [-0.1, -0.05) is 6.07 Å². The second-order valence-corrected chi connectivity index (χ2v) is 7.65. The number of nitrogens with one attached hydrogen (secondary N) is 1. The molecule has 0 saturated carbocycles. The summed E-state index contributed by atoms with van der Waals surface area (Å²) in [4.78, 5) is 29.8. The normalized spacial score (nSPS) is 12.2. The van der Waals surface area contributed by atoms with Crippen LogP contribution >= 0.6 is 11.3 Å². The van der Waals surface area contributed by atoms with Gasteiger partial charge in [-0.3, -0.25) is 9.59 Å². The number of amides is 2. The SMILES string of the molecule is Cc1sc(=NC(=O)c2cccc(C(F)(F)F)c2)n(CC(=O)NCc2ccco2)c1C. The first-order chi connectivity index (χ1) is 14.1. The topological polar surface area (TPSA) is 76.6 Å². The average Bonchev–Trinajstić information content (AvgIpc) is 3.30. The Bertz CT molecular complexity index is 1130. The molecule has 3 aromatic rings. The zero-order valence-electron chi connectivity index (χ0n) is 16.1. The van der Waals surface area contributed by atoms with Crippen molar-refractivity contribution in [2.45, 2.75) is 33.1 Å². The van der Waals surface area contributed by atoms with Gasteiger partial charge >= 0.3 is 6.18 Å². The number of carbonyl (C=O) groups is 2. The highest BCUT2D eigenvalue weighted by molar-refractivity contribution is 7.09. The molecule has 6 nitrogen and oxygen atoms in total. The van der Waals surface area contributed by atoms with E-state index in [1.165, 1.54) is 23.7 Å². The van der Waals surface area contributed by atoms with Gasteiger partial charge < -0.3 is 14.3 Å². The number of aromatic nitrogens is 1. The Morgan fingerprint density at radius 3 is 2.63 bits per heavy atom. The minimum absolute atomic E-state index is 0.0917. The van der Waals surface area contributed by atoms with Crippen LogP contribution < -0.4 is 10.1 Å². The van der Waals surface area contributed by atoms with Crippen LogP contribution in [0.4, 0.5) is 13.2 Å². The van der Waals surface area contributed by atoms with Crippen LogP contribution in [0, 0.1) is 13.8 Å². The first kappa shape index (κ1) is 21.6. The molecule has 1 aromatic carbocycles. The lowest BCUT2D eigenvalue weighted by atomic mass is 10.1. The summed E-state index contributed by atoms with van der Waals surface area (Å²) in [6.45, 7) is 3.71. The summed E-state index contributed by atoms with van der Waals surface area (Å²) in [5.74, 6) is -0.538. The molecule has 30 heavy (non-hydrogen) atoms. The van der Waals surface area contributed by atoms with E-state index in [1.807, 2.05) is 6.92 Å². The number of halogens is 3. The summed E-state index contributed by atoms with van der Waals surface area (Å²) < 4.78 is 45.4. The van der Waals surface area contributed by atoms with Crippen LogP contribution in [0.1, 0.15) is 32.3 Å². The van der Waals surface area contributed by atoms with Crippen LogP contribution in [0.25, 0.3) is 0 Å². The number of thiazole rings is 1. The zero-order chi connectivity index (χ0) is 21.9. The number of benzene rings is 1. The van der Waals surface area contributed by atoms with Crippen molar-refractivity contribution in [3.63, 3.8) is 0 Å². The number of carbonyl (C=O) groups excluding carboxylic acids is 2. The molecule has 0 aliphatic rings. The number of alkyl halides is 3. The van der Waals surface area contributed by atoms with E-state index >= 15 is 0 Å². The molecule has 1 N–H and O–H groups in total. The van der Waals surface area contributed by atoms with Gasteiger partial charge in [0.1, 0.15) is 12.3 Å². The van der Waals surface area contributed by atoms with Crippen molar-refractivity contribution < 1.29 is 27.2 Å². The van der Waals surface area contributed by atoms with E-state index in [0.717, 1.165) is 28.8 Å². The van der Waals surface area contributed by atoms with Crippen molar-refractivity contribution >= 4 is 23.2 Å². The fourth-order valence-corrected chi connectivity index (χ4v) is 3.62. The third-order valence-electron chi connectivity index (χ3n) is 4.37. The van der Waals surface area contributed by atoms with Gasteiger partial charge in [-0.05, 0) is 44.2 Å². The van der Waals surface area contributed by atoms with Crippen LogP contribution in [-0.2, 0) is 24.1 Å². The molecular weight excluding hydrogens is 419 g/mol. The molecule has 3 rings (SSSR count). The van der Waals surface area contributed by atoms with Crippen molar-refractivity contribution in [3.05, 3.63) is 74.9 Å². The number of hydrogen-bond acceptors (Lipinski definition) is 4. The van der Waals surface area contributed by atoms with Gasteiger partial charge in [0.25, 0.3) is 5.91 Å². The van der Waals surface area contributed by atoms with Crippen LogP contribution in [0.5, 0.6) is 0 Å². The maximum Gasteiger partial charge on any atom is 0.416 e. The first-order valence-corrected chi connectivity index (χ1v) is 9.69. The summed E-state index contributed by atoms with van der Waals surface area (Å²) in [7, 11) is 0. The molecule has 0 saturated heterocycles. The highest BCUT2D eigenvalue weighted by Gasteiger charge is 2.30. The Labute approximate surface area is 173 Å². The summed E-state index contributed by atoms with van der Waals surface area (Å²) in [5, 5.41) is 2.71. The minimum Gasteiger partial charge on any atom is -0.467 e. The Hall–Kier alpha value is -3.14. The van der Waals surface area contributed by atoms with Crippen molar-refractivity contribution in [3.8, 4) is 0 Å². The van der Waals surface area contributed by atoms with Crippen LogP contribution in [-0.4, -0.2) is 16.4 Å². The molecule has 0 bridgehead atoms. The van der Waals surface area contributed by atoms with Crippen molar-refractivity contribution in [2.24, 2.45) is 4.99 Å². The van der Waals surface area contributed by atoms with Crippen LogP contribution in [0.2, 0.25) is 0 Å². The molecule has 10 heteroatoms. The smallest absolute Gasteiger partial charge is 0.416 e. The van der Waals surface area contributed by atoms with Gasteiger partial charge in [-0.25, -0.2) is 0 Å². The molecule has 0 unspecified atom stereocenters. The summed E-state index contributed by atoms with van der Waals surface area (Å²) in [6.07, 6.45) is -3.06. The molecule has 158 valence electrons. The number of hydrogen-bond donors (Lipinski definition) is 1. The van der Waals surface area contributed by atoms with Gasteiger partial charge in [0.15, 0.2) is 4.80 Å². The van der Waals surface area contributed by atoms with E-state index in [2.05, 4.69) is 10.3 Å². The zero-order valence-corrected chi connectivity index (χ0v) is 16.9. The van der Waals surface area contributed by atoms with E-state index in [-0.39, 0.29) is 29.4 Å². The fraction of sp³-hybridized carbons (Fsp3) is 0.250. The highest BCUT2D eigenvalue weighted by Crippen LogP contribution is 2.29. The predicted octanol–water partition coefficient (Wildman–Crippen LogP) is 3.84. The molecule has 0 fully saturated rings. The largest absolute Gasteiger partial charge is 0.467 e. The Kier molecular flexibility index (Phi) is 6.25. The predicted molar refractivity (Wildman–Crippen MR) is 104 cm³/mol. The molecule has 0 aliphatic carbocycles. The Balaban J connectivity index is 1.84. The van der Waals surface area contributed by atoms with E-state index in [4.69, 9.17) is 4.42 Å². The highest BCUT2D eigenvalue weighted by atomic mass is 32.1. The molecule has 0 spiro atoms. The lowest BCUT2D eigenvalue weighted by Crippen LogP contribution is -2.31. The standard InChI is InChI=1S/C20H18F3N3O3S/c1-12-13(2)30-19(26(12)11-17(27)24-10-16-7-4-8-29-16)25-18(28)14-5-3-6-15(9-14)20(21,22)23/h3-9H,10-11H2,1-2H3,(H,24,27). The summed E-state index contributed by atoms with van der Waals surface area (Å²) >= 11 is 1.19. The Morgan fingerprint density at radius 1 is 1.20 bits per heavy atom. The molecule has 0 aliphatic heterocycles. The Morgan fingerprint density at radius 2 is 1.97 bits per heavy atom. The number of aryl methyl sites for hydroxylation is 1. The second kappa shape index (κ2) is 8.70. The lowest BCUT2D eigenvalue weighted by molar-refractivity contribution is -0.137. The van der Waals surface area contributed by atoms with Gasteiger partial charge in [0, 0.05) is 16.1 Å². The molecule has 2 aromatic heterocycles. The van der Waals surface area contributed by atoms with Gasteiger partial charge in [0.2, 0.25) is 5.91 Å². The monoisotopic (exact) mass is 437 g/mol. The van der Waals surface area contributed by atoms with E-state index in [1.54, 1.807) is 23.6 Å². The number of furan rings is 1. The van der Waals surface area contributed by atoms with Crippen molar-refractivity contribution in [1.29, 1.82) is 0 Å². The third-order valence-corrected chi connectivity index (χ3v) is 5.46. The number of nitrogens with zero attached hydrogens (tertiary/aromatic N) is 2. The van der Waals surface area contributed by atoms with Gasteiger partial charge in [0.05, 0.1) is 18.4 Å². The van der Waals surface area contributed by atoms with Gasteiger partial charge in [-0.15, -0.1) is 11.3 Å². The van der Waals surface area contributed by atoms with Crippen molar-refractivity contribution in [1.82, 2.24) is 9.88 Å². The van der Waals surface area contributed by atoms with E-state index in [9.17, 15) is 22.8 Å². The summed E-state index contributed by atoms with van der Waals surface area (Å²) in [6, 6.07) is 7.52. The maximum absolute atomic E-state index is 12.9. The first-order valence-electron chi connectivity index (χ1n) is 8.87. The van der Waals surface area contributed by atoms with Crippen molar-refractivity contribution in [2.75, 3.05) is 0 Å². The second-order valence-electron chi connectivity index (χ2n) is 6.46. The summed E-state index contributed by atoms with van der Waals surface area (Å²) in [5.41, 5.74) is -0.363. The van der Waals surface area contributed by atoms with Crippen LogP contribution in [0.3, 0.4) is 0 Å². The molecule has 0 atom stereocenters. The van der Waals surface area contributed by atoms with E-state index in [0.29, 0.717) is 5.76 Å². The third kappa shape index (κ3) is 5.07. The lowest BCUT2D eigenvalue weighted by Gasteiger charge is -2.08. The molecule has 2 amide bonds. The molecule has 2 heterocycles.